The van der Waals surface area contributed by atoms with Crippen LogP contribution in [0.5, 0.6) is 0 Å². The highest BCUT2D eigenvalue weighted by Crippen LogP contribution is 2.15. The monoisotopic (exact) mass is 262 g/mol. The van der Waals surface area contributed by atoms with Crippen LogP contribution in [0.4, 0.5) is 0 Å². The van der Waals surface area contributed by atoms with Gasteiger partial charge in [0.1, 0.15) is 6.79 Å². The smallest absolute Gasteiger partial charge is 0.231 e. The lowest BCUT2D eigenvalue weighted by atomic mass is 10.1. The zero-order chi connectivity index (χ0) is 13.5. The average Bonchev–Trinajstić information content (AvgIpc) is 2.46. The molecule has 0 saturated carbocycles. The highest BCUT2D eigenvalue weighted by atomic mass is 16.7. The molecule has 0 N–H and O–H groups in total. The van der Waals surface area contributed by atoms with Crippen molar-refractivity contribution >= 4 is 5.91 Å². The maximum absolute atomic E-state index is 12.1. The fraction of sp³-hybridized carbons (Fsp3) is 0.467. The van der Waals surface area contributed by atoms with Crippen LogP contribution in [0.15, 0.2) is 30.3 Å². The molecule has 1 saturated heterocycles. The molecule has 0 aliphatic carbocycles. The summed E-state index contributed by atoms with van der Waals surface area (Å²) in [5, 5.41) is 0. The molecule has 0 atom stereocenters. The summed E-state index contributed by atoms with van der Waals surface area (Å²) < 4.78 is 10.4. The van der Waals surface area contributed by atoms with Gasteiger partial charge in [-0.05, 0) is 18.4 Å². The molecule has 19 heavy (non-hydrogen) atoms. The van der Waals surface area contributed by atoms with Crippen molar-refractivity contribution in [3.8, 4) is 0 Å². The summed E-state index contributed by atoms with van der Waals surface area (Å²) >= 11 is 0. The van der Waals surface area contributed by atoms with Gasteiger partial charge in [-0.25, -0.2) is 0 Å². The van der Waals surface area contributed by atoms with Crippen LogP contribution in [0.25, 0.3) is 0 Å². The number of ether oxygens (including phenoxy) is 2. The van der Waals surface area contributed by atoms with E-state index in [9.17, 15) is 4.79 Å². The first kappa shape index (κ1) is 14.0. The summed E-state index contributed by atoms with van der Waals surface area (Å²) in [5.41, 5.74) is 0.949. The van der Waals surface area contributed by atoms with Gasteiger partial charge in [0.25, 0.3) is 0 Å². The highest BCUT2D eigenvalue weighted by Gasteiger charge is 2.23. The van der Waals surface area contributed by atoms with E-state index >= 15 is 0 Å². The van der Waals surface area contributed by atoms with Gasteiger partial charge in [-0.3, -0.25) is 4.79 Å². The third-order valence-electron chi connectivity index (χ3n) is 3.26. The summed E-state index contributed by atoms with van der Waals surface area (Å²) in [4.78, 5) is 14.0. The van der Waals surface area contributed by atoms with Gasteiger partial charge in [-0.15, -0.1) is 0 Å². The van der Waals surface area contributed by atoms with E-state index < -0.39 is 0 Å². The zero-order valence-electron chi connectivity index (χ0n) is 11.2. The summed E-state index contributed by atoms with van der Waals surface area (Å²) in [5.74, 6) is 0.0800. The van der Waals surface area contributed by atoms with Gasteiger partial charge in [0, 0.05) is 20.2 Å². The van der Waals surface area contributed by atoms with E-state index in [1.807, 2.05) is 35.2 Å². The third-order valence-corrected chi connectivity index (χ3v) is 3.26. The van der Waals surface area contributed by atoms with Crippen molar-refractivity contribution in [2.24, 2.45) is 0 Å². The largest absolute Gasteiger partial charge is 0.359 e. The lowest BCUT2D eigenvalue weighted by Crippen LogP contribution is -2.41. The fourth-order valence-corrected chi connectivity index (χ4v) is 2.19. The summed E-state index contributed by atoms with van der Waals surface area (Å²) in [6.07, 6.45) is 3.65. The van der Waals surface area contributed by atoms with Crippen molar-refractivity contribution in [2.45, 2.75) is 18.9 Å². The van der Waals surface area contributed by atoms with Crippen LogP contribution in [0.2, 0.25) is 0 Å². The van der Waals surface area contributed by atoms with E-state index in [1.165, 1.54) is 0 Å². The SMILES string of the molecule is COCOC1CCN(C(=O)[CH]c2ccccc2)CC1. The fourth-order valence-electron chi connectivity index (χ4n) is 2.19. The Morgan fingerprint density at radius 1 is 1.32 bits per heavy atom. The predicted molar refractivity (Wildman–Crippen MR) is 72.4 cm³/mol. The first-order valence-electron chi connectivity index (χ1n) is 6.59. The number of hydrogen-bond acceptors (Lipinski definition) is 3. The maximum atomic E-state index is 12.1. The number of carbonyl (C=O) groups excluding carboxylic acids is 1. The number of piperidine rings is 1. The Morgan fingerprint density at radius 3 is 2.63 bits per heavy atom. The molecule has 1 aromatic rings. The number of hydrogen-bond donors (Lipinski definition) is 0. The van der Waals surface area contributed by atoms with E-state index in [-0.39, 0.29) is 12.0 Å². The molecule has 4 nitrogen and oxygen atoms in total. The molecule has 103 valence electrons. The standard InChI is InChI=1S/C15H20NO3/c1-18-12-19-14-7-9-16(10-8-14)15(17)11-13-5-3-2-4-6-13/h2-6,11,14H,7-10,12H2,1H3. The van der Waals surface area contributed by atoms with Crippen LogP contribution >= 0.6 is 0 Å². The Morgan fingerprint density at radius 2 is 2.00 bits per heavy atom. The number of methoxy groups -OCH3 is 1. The van der Waals surface area contributed by atoms with Crippen LogP contribution in [0, 0.1) is 6.42 Å². The number of carbonyl (C=O) groups is 1. The van der Waals surface area contributed by atoms with Gasteiger partial charge in [-0.2, -0.15) is 0 Å². The lowest BCUT2D eigenvalue weighted by Gasteiger charge is -2.31. The molecule has 4 heteroatoms. The summed E-state index contributed by atoms with van der Waals surface area (Å²) in [7, 11) is 1.62. The second-order valence-electron chi connectivity index (χ2n) is 4.65. The van der Waals surface area contributed by atoms with Crippen LogP contribution in [-0.2, 0) is 14.3 Å². The average molecular weight is 262 g/mol. The second kappa shape index (κ2) is 7.26. The second-order valence-corrected chi connectivity index (χ2v) is 4.65. The molecule has 0 spiro atoms. The normalized spacial score (nSPS) is 16.6. The number of likely N-dealkylation sites (tertiary alicyclic amines) is 1. The molecule has 1 fully saturated rings. The van der Waals surface area contributed by atoms with Crippen LogP contribution in [-0.4, -0.2) is 43.9 Å². The minimum atomic E-state index is 0.0800. The van der Waals surface area contributed by atoms with E-state index in [0.717, 1.165) is 31.5 Å². The number of rotatable bonds is 5. The quantitative estimate of drug-likeness (QED) is 0.760. The number of benzene rings is 1. The minimum absolute atomic E-state index is 0.0800. The van der Waals surface area contributed by atoms with Crippen LogP contribution in [0.3, 0.4) is 0 Å². The molecule has 1 amide bonds. The Kier molecular flexibility index (Phi) is 5.36. The highest BCUT2D eigenvalue weighted by molar-refractivity contribution is 5.88. The van der Waals surface area contributed by atoms with Gasteiger partial charge < -0.3 is 14.4 Å². The van der Waals surface area contributed by atoms with Crippen molar-refractivity contribution in [2.75, 3.05) is 27.0 Å². The molecule has 2 rings (SSSR count). The van der Waals surface area contributed by atoms with E-state index in [0.29, 0.717) is 6.79 Å². The zero-order valence-corrected chi connectivity index (χ0v) is 11.2. The van der Waals surface area contributed by atoms with Gasteiger partial charge >= 0.3 is 0 Å². The molecule has 1 aliphatic heterocycles. The van der Waals surface area contributed by atoms with E-state index in [1.54, 1.807) is 13.5 Å². The third kappa shape index (κ3) is 4.33. The number of amides is 1. The summed E-state index contributed by atoms with van der Waals surface area (Å²) in [6, 6.07) is 9.69. The Bertz CT molecular complexity index is 386. The Balaban J connectivity index is 1.76. The van der Waals surface area contributed by atoms with Crippen LogP contribution < -0.4 is 0 Å². The molecule has 1 aliphatic rings. The predicted octanol–water partition coefficient (Wildman–Crippen LogP) is 1.85. The van der Waals surface area contributed by atoms with Gasteiger partial charge in [0.05, 0.1) is 12.5 Å². The molecule has 0 unspecified atom stereocenters. The van der Waals surface area contributed by atoms with Crippen molar-refractivity contribution in [1.29, 1.82) is 0 Å². The van der Waals surface area contributed by atoms with Crippen molar-refractivity contribution in [1.82, 2.24) is 4.90 Å². The molecule has 1 aromatic carbocycles. The topological polar surface area (TPSA) is 38.8 Å². The van der Waals surface area contributed by atoms with Crippen LogP contribution in [0.1, 0.15) is 18.4 Å². The molecule has 1 heterocycles. The molecule has 1 radical (unpaired) electrons. The maximum Gasteiger partial charge on any atom is 0.231 e. The van der Waals surface area contributed by atoms with E-state index in [2.05, 4.69) is 0 Å². The van der Waals surface area contributed by atoms with Crippen molar-refractivity contribution < 1.29 is 14.3 Å². The van der Waals surface area contributed by atoms with Gasteiger partial charge in [0.2, 0.25) is 5.91 Å². The van der Waals surface area contributed by atoms with E-state index in [4.69, 9.17) is 9.47 Å². The van der Waals surface area contributed by atoms with Gasteiger partial charge in [0.15, 0.2) is 0 Å². The van der Waals surface area contributed by atoms with Gasteiger partial charge in [-0.1, -0.05) is 30.3 Å². The molecule has 0 aromatic heterocycles. The molecular formula is C15H20NO3. The molecule has 0 bridgehead atoms. The number of nitrogens with zero attached hydrogens (tertiary/aromatic N) is 1. The summed E-state index contributed by atoms with van der Waals surface area (Å²) in [6.45, 7) is 1.82. The Hall–Kier alpha value is -1.39. The first-order valence-corrected chi connectivity index (χ1v) is 6.59. The lowest BCUT2D eigenvalue weighted by molar-refractivity contribution is -0.132. The molecular weight excluding hydrogens is 242 g/mol. The Labute approximate surface area is 114 Å². The first-order chi connectivity index (χ1) is 9.29. The van der Waals surface area contributed by atoms with Crippen molar-refractivity contribution in [3.05, 3.63) is 42.3 Å². The van der Waals surface area contributed by atoms with Crippen molar-refractivity contribution in [3.63, 3.8) is 0 Å². The minimum Gasteiger partial charge on any atom is -0.359 e.